The molecule has 3 aromatic rings. The summed E-state index contributed by atoms with van der Waals surface area (Å²) in [6.07, 6.45) is 0.193. The van der Waals surface area contributed by atoms with E-state index >= 15 is 0 Å². The van der Waals surface area contributed by atoms with Gasteiger partial charge in [0.2, 0.25) is 5.91 Å². The van der Waals surface area contributed by atoms with E-state index in [1.165, 1.54) is 23.5 Å². The normalized spacial score (nSPS) is 10.6. The number of para-hydroxylation sites is 1. The lowest BCUT2D eigenvalue weighted by atomic mass is 10.2. The highest BCUT2D eigenvalue weighted by Crippen LogP contribution is 2.32. The van der Waals surface area contributed by atoms with Crippen molar-refractivity contribution in [2.24, 2.45) is 0 Å². The number of thiazole rings is 1. The predicted octanol–water partition coefficient (Wildman–Crippen LogP) is 4.94. The van der Waals surface area contributed by atoms with Gasteiger partial charge >= 0.3 is 0 Å². The fourth-order valence-corrected chi connectivity index (χ4v) is 3.66. The van der Waals surface area contributed by atoms with Crippen molar-refractivity contribution in [3.05, 3.63) is 65.4 Å². The van der Waals surface area contributed by atoms with Crippen molar-refractivity contribution in [3.8, 4) is 16.3 Å². The molecule has 1 heterocycles. The summed E-state index contributed by atoms with van der Waals surface area (Å²) in [7, 11) is 0. The zero-order valence-corrected chi connectivity index (χ0v) is 16.1. The Labute approximate surface area is 162 Å². The Balaban J connectivity index is 1.77. The average molecular weight is 384 g/mol. The first-order valence-electron chi connectivity index (χ1n) is 8.85. The molecule has 6 heteroatoms. The number of amides is 1. The minimum absolute atomic E-state index is 0.0703. The first-order chi connectivity index (χ1) is 13.1. The van der Waals surface area contributed by atoms with Crippen LogP contribution in [0.5, 0.6) is 5.75 Å². The highest BCUT2D eigenvalue weighted by Gasteiger charge is 2.17. The van der Waals surface area contributed by atoms with Crippen LogP contribution in [0.4, 0.5) is 10.1 Å². The van der Waals surface area contributed by atoms with Crippen molar-refractivity contribution in [3.63, 3.8) is 0 Å². The number of halogens is 1. The van der Waals surface area contributed by atoms with Crippen LogP contribution in [-0.2, 0) is 11.2 Å². The molecule has 0 aliphatic carbocycles. The monoisotopic (exact) mass is 384 g/mol. The van der Waals surface area contributed by atoms with Crippen LogP contribution in [-0.4, -0.2) is 24.0 Å². The smallest absolute Gasteiger partial charge is 0.233 e. The number of nitrogens with zero attached hydrogens (tertiary/aromatic N) is 2. The molecule has 0 fully saturated rings. The van der Waals surface area contributed by atoms with Crippen molar-refractivity contribution < 1.29 is 13.9 Å². The number of ether oxygens (including phenoxy) is 1. The van der Waals surface area contributed by atoms with Gasteiger partial charge in [0.05, 0.1) is 24.3 Å². The van der Waals surface area contributed by atoms with Gasteiger partial charge in [0, 0.05) is 17.6 Å². The maximum absolute atomic E-state index is 13.1. The molecule has 0 radical (unpaired) electrons. The molecule has 1 amide bonds. The van der Waals surface area contributed by atoms with Crippen LogP contribution < -0.4 is 9.64 Å². The maximum Gasteiger partial charge on any atom is 0.233 e. The summed E-state index contributed by atoms with van der Waals surface area (Å²) in [5.41, 5.74) is 2.32. The van der Waals surface area contributed by atoms with Gasteiger partial charge in [-0.2, -0.15) is 0 Å². The molecule has 4 nitrogen and oxygen atoms in total. The zero-order chi connectivity index (χ0) is 19.2. The lowest BCUT2D eigenvalue weighted by Crippen LogP contribution is -2.32. The van der Waals surface area contributed by atoms with Crippen LogP contribution in [0.15, 0.2) is 53.9 Å². The highest BCUT2D eigenvalue weighted by molar-refractivity contribution is 7.13. The van der Waals surface area contributed by atoms with Crippen LogP contribution in [0, 0.1) is 5.82 Å². The number of likely N-dealkylation sites (N-methyl/N-ethyl adjacent to an activating group) is 1. The predicted molar refractivity (Wildman–Crippen MR) is 107 cm³/mol. The van der Waals surface area contributed by atoms with E-state index in [1.54, 1.807) is 17.0 Å². The quantitative estimate of drug-likeness (QED) is 0.579. The van der Waals surface area contributed by atoms with E-state index in [0.29, 0.717) is 24.5 Å². The van der Waals surface area contributed by atoms with E-state index in [2.05, 4.69) is 4.98 Å². The van der Waals surface area contributed by atoms with Crippen molar-refractivity contribution >= 4 is 22.9 Å². The van der Waals surface area contributed by atoms with E-state index in [1.807, 2.05) is 43.5 Å². The number of anilines is 1. The molecular weight excluding hydrogens is 363 g/mol. The molecule has 140 valence electrons. The van der Waals surface area contributed by atoms with E-state index in [4.69, 9.17) is 4.74 Å². The third-order valence-corrected chi connectivity index (χ3v) is 4.98. The van der Waals surface area contributed by atoms with Crippen LogP contribution in [0.25, 0.3) is 10.6 Å². The molecule has 0 N–H and O–H groups in total. The Hall–Kier alpha value is -2.73. The molecule has 0 atom stereocenters. The summed E-state index contributed by atoms with van der Waals surface area (Å²) in [6, 6.07) is 13.7. The fraction of sp³-hybridized carbons (Fsp3) is 0.238. The van der Waals surface area contributed by atoms with E-state index in [-0.39, 0.29) is 18.1 Å². The van der Waals surface area contributed by atoms with Gasteiger partial charge in [-0.05, 0) is 50.2 Å². The lowest BCUT2D eigenvalue weighted by molar-refractivity contribution is -0.118. The van der Waals surface area contributed by atoms with Crippen LogP contribution in [0.3, 0.4) is 0 Å². The molecule has 3 rings (SSSR count). The lowest BCUT2D eigenvalue weighted by Gasteiger charge is -2.20. The van der Waals surface area contributed by atoms with Gasteiger partial charge in [-0.3, -0.25) is 4.79 Å². The van der Waals surface area contributed by atoms with Gasteiger partial charge in [0.15, 0.2) is 0 Å². The molecule has 0 bridgehead atoms. The van der Waals surface area contributed by atoms with Gasteiger partial charge in [-0.1, -0.05) is 12.1 Å². The molecule has 0 saturated carbocycles. The number of rotatable bonds is 7. The second-order valence-electron chi connectivity index (χ2n) is 5.86. The topological polar surface area (TPSA) is 42.4 Å². The number of aromatic nitrogens is 1. The standard InChI is InChI=1S/C21H21FN2O2S/c1-3-24(17-11-9-15(22)10-12-17)20(25)13-16-14-27-21(23-16)18-7-5-6-8-19(18)26-4-2/h5-12,14H,3-4,13H2,1-2H3. The summed E-state index contributed by atoms with van der Waals surface area (Å²) in [5, 5.41) is 2.72. The molecule has 0 saturated heterocycles. The Morgan fingerprint density at radius 3 is 2.59 bits per heavy atom. The molecular formula is C21H21FN2O2S. The maximum atomic E-state index is 13.1. The van der Waals surface area contributed by atoms with Gasteiger partial charge in [0.25, 0.3) is 0 Å². The largest absolute Gasteiger partial charge is 0.493 e. The molecule has 1 aromatic heterocycles. The van der Waals surface area contributed by atoms with E-state index < -0.39 is 0 Å². The summed E-state index contributed by atoms with van der Waals surface area (Å²) in [4.78, 5) is 19.0. The summed E-state index contributed by atoms with van der Waals surface area (Å²) in [5.74, 6) is 0.395. The Kier molecular flexibility index (Phi) is 6.19. The third-order valence-electron chi connectivity index (χ3n) is 4.06. The first-order valence-corrected chi connectivity index (χ1v) is 9.72. The highest BCUT2D eigenvalue weighted by atomic mass is 32.1. The minimum Gasteiger partial charge on any atom is -0.493 e. The summed E-state index contributed by atoms with van der Waals surface area (Å²) < 4.78 is 18.8. The van der Waals surface area contributed by atoms with Gasteiger partial charge in [-0.25, -0.2) is 9.37 Å². The van der Waals surface area contributed by atoms with Gasteiger partial charge in [-0.15, -0.1) is 11.3 Å². The van der Waals surface area contributed by atoms with Crippen LogP contribution in [0.2, 0.25) is 0 Å². The van der Waals surface area contributed by atoms with Gasteiger partial charge < -0.3 is 9.64 Å². The number of hydrogen-bond acceptors (Lipinski definition) is 4. The number of benzene rings is 2. The first kappa shape index (κ1) is 19.0. The Bertz CT molecular complexity index is 909. The SMILES string of the molecule is CCOc1ccccc1-c1nc(CC(=O)N(CC)c2ccc(F)cc2)cs1. The Morgan fingerprint density at radius 1 is 1.15 bits per heavy atom. The van der Waals surface area contributed by atoms with Crippen LogP contribution in [0.1, 0.15) is 19.5 Å². The third kappa shape index (κ3) is 4.52. The molecule has 2 aromatic carbocycles. The van der Waals surface area contributed by atoms with E-state index in [9.17, 15) is 9.18 Å². The summed E-state index contributed by atoms with van der Waals surface area (Å²) >= 11 is 1.49. The van der Waals surface area contributed by atoms with Crippen LogP contribution >= 0.6 is 11.3 Å². The van der Waals surface area contributed by atoms with Crippen molar-refractivity contribution in [1.29, 1.82) is 0 Å². The summed E-state index contributed by atoms with van der Waals surface area (Å²) in [6.45, 7) is 4.93. The van der Waals surface area contributed by atoms with E-state index in [0.717, 1.165) is 16.3 Å². The van der Waals surface area contributed by atoms with Gasteiger partial charge in [0.1, 0.15) is 16.6 Å². The molecule has 0 aliphatic heterocycles. The molecule has 27 heavy (non-hydrogen) atoms. The number of carbonyl (C=O) groups is 1. The van der Waals surface area contributed by atoms with Crippen molar-refractivity contribution in [1.82, 2.24) is 4.98 Å². The number of carbonyl (C=O) groups excluding carboxylic acids is 1. The molecule has 0 spiro atoms. The fourth-order valence-electron chi connectivity index (χ4n) is 2.81. The minimum atomic E-state index is -0.320. The van der Waals surface area contributed by atoms with Crippen molar-refractivity contribution in [2.75, 3.05) is 18.1 Å². The van der Waals surface area contributed by atoms with Crippen molar-refractivity contribution in [2.45, 2.75) is 20.3 Å². The Morgan fingerprint density at radius 2 is 1.89 bits per heavy atom. The molecule has 0 unspecified atom stereocenters. The molecule has 0 aliphatic rings. The number of hydrogen-bond donors (Lipinski definition) is 0. The average Bonchev–Trinajstić information content (AvgIpc) is 3.13. The second-order valence-corrected chi connectivity index (χ2v) is 6.72. The second kappa shape index (κ2) is 8.77. The zero-order valence-electron chi connectivity index (χ0n) is 15.3.